The van der Waals surface area contributed by atoms with Gasteiger partial charge in [0.2, 0.25) is 0 Å². The van der Waals surface area contributed by atoms with Gasteiger partial charge in [-0.25, -0.2) is 9.37 Å². The molecule has 2 N–H and O–H groups in total. The molecule has 8 heteroatoms. The summed E-state index contributed by atoms with van der Waals surface area (Å²) in [5.74, 6) is -0.509. The van der Waals surface area contributed by atoms with E-state index in [2.05, 4.69) is 15.6 Å². The Bertz CT molecular complexity index is 938. The molecule has 1 heterocycles. The minimum absolute atomic E-state index is 0.0879. The Kier molecular flexibility index (Phi) is 5.07. The van der Waals surface area contributed by atoms with Gasteiger partial charge < -0.3 is 10.6 Å². The Labute approximate surface area is 151 Å². The van der Waals surface area contributed by atoms with E-state index in [4.69, 9.17) is 0 Å². The maximum absolute atomic E-state index is 13.2. The van der Waals surface area contributed by atoms with Crippen LogP contribution in [0.2, 0.25) is 0 Å². The van der Waals surface area contributed by atoms with Crippen LogP contribution in [0.5, 0.6) is 0 Å². The van der Waals surface area contributed by atoms with Crippen molar-refractivity contribution >= 4 is 23.1 Å². The first kappa shape index (κ1) is 18.4. The molecule has 0 saturated carbocycles. The van der Waals surface area contributed by atoms with E-state index in [1.807, 2.05) is 0 Å². The van der Waals surface area contributed by atoms with Crippen molar-refractivity contribution in [2.75, 3.05) is 10.6 Å². The van der Waals surface area contributed by atoms with Gasteiger partial charge in [0.1, 0.15) is 11.6 Å². The lowest BCUT2D eigenvalue weighted by molar-refractivity contribution is -0.137. The van der Waals surface area contributed by atoms with E-state index in [0.29, 0.717) is 17.2 Å². The normalized spacial score (nSPS) is 11.1. The van der Waals surface area contributed by atoms with E-state index < -0.39 is 17.6 Å². The van der Waals surface area contributed by atoms with Crippen molar-refractivity contribution in [1.82, 2.24) is 4.98 Å². The van der Waals surface area contributed by atoms with Gasteiger partial charge in [0.05, 0.1) is 17.4 Å². The fourth-order valence-electron chi connectivity index (χ4n) is 2.27. The van der Waals surface area contributed by atoms with Gasteiger partial charge in [-0.05, 0) is 54.6 Å². The molecule has 0 atom stereocenters. The fourth-order valence-corrected chi connectivity index (χ4v) is 2.27. The van der Waals surface area contributed by atoms with Crippen molar-refractivity contribution in [2.45, 2.75) is 6.18 Å². The molecule has 0 unspecified atom stereocenters. The molecule has 0 aliphatic heterocycles. The van der Waals surface area contributed by atoms with Crippen LogP contribution in [0.3, 0.4) is 0 Å². The minimum atomic E-state index is -4.45. The first-order chi connectivity index (χ1) is 12.8. The summed E-state index contributed by atoms with van der Waals surface area (Å²) >= 11 is 0. The highest BCUT2D eigenvalue weighted by molar-refractivity contribution is 6.04. The molecular formula is C19H13F4N3O. The maximum Gasteiger partial charge on any atom is 0.416 e. The SMILES string of the molecule is O=C(Nc1ccc(Nc2cccc(F)c2)nc1)c1ccc(C(F)(F)F)cc1. The van der Waals surface area contributed by atoms with Gasteiger partial charge in [0.25, 0.3) is 5.91 Å². The van der Waals surface area contributed by atoms with Crippen molar-refractivity contribution in [3.05, 3.63) is 83.8 Å². The average Bonchev–Trinajstić information content (AvgIpc) is 2.63. The Morgan fingerprint density at radius 2 is 1.67 bits per heavy atom. The Morgan fingerprint density at radius 1 is 0.926 bits per heavy atom. The summed E-state index contributed by atoms with van der Waals surface area (Å²) in [5.41, 5.74) is 0.146. The molecule has 27 heavy (non-hydrogen) atoms. The highest BCUT2D eigenvalue weighted by Gasteiger charge is 2.30. The zero-order valence-electron chi connectivity index (χ0n) is 13.7. The largest absolute Gasteiger partial charge is 0.416 e. The standard InChI is InChI=1S/C19H13F4N3O/c20-14-2-1-3-15(10-14)25-17-9-8-16(11-24-17)26-18(27)12-4-6-13(7-5-12)19(21,22)23/h1-11H,(H,24,25)(H,26,27). The third-order valence-corrected chi connectivity index (χ3v) is 3.59. The van der Waals surface area contributed by atoms with Crippen molar-refractivity contribution in [2.24, 2.45) is 0 Å². The molecule has 0 saturated heterocycles. The minimum Gasteiger partial charge on any atom is -0.340 e. The molecule has 3 aromatic rings. The summed E-state index contributed by atoms with van der Waals surface area (Å²) in [6, 6.07) is 12.9. The van der Waals surface area contributed by atoms with Crippen LogP contribution in [-0.2, 0) is 6.18 Å². The van der Waals surface area contributed by atoms with Gasteiger partial charge in [-0.2, -0.15) is 13.2 Å². The molecule has 0 fully saturated rings. The number of benzene rings is 2. The highest BCUT2D eigenvalue weighted by atomic mass is 19.4. The van der Waals surface area contributed by atoms with Gasteiger partial charge in [-0.3, -0.25) is 4.79 Å². The Balaban J connectivity index is 1.64. The molecule has 1 aromatic heterocycles. The number of carbonyl (C=O) groups is 1. The number of rotatable bonds is 4. The molecular weight excluding hydrogens is 362 g/mol. The van der Waals surface area contributed by atoms with Crippen LogP contribution in [0.15, 0.2) is 66.9 Å². The fraction of sp³-hybridized carbons (Fsp3) is 0.0526. The van der Waals surface area contributed by atoms with Gasteiger partial charge in [-0.15, -0.1) is 0 Å². The predicted octanol–water partition coefficient (Wildman–Crippen LogP) is 5.24. The van der Waals surface area contributed by atoms with Crippen molar-refractivity contribution in [3.63, 3.8) is 0 Å². The molecule has 0 aliphatic carbocycles. The number of hydrogen-bond donors (Lipinski definition) is 2. The summed E-state index contributed by atoms with van der Waals surface area (Å²) in [6.45, 7) is 0. The monoisotopic (exact) mass is 375 g/mol. The lowest BCUT2D eigenvalue weighted by atomic mass is 10.1. The van der Waals surface area contributed by atoms with Crippen molar-refractivity contribution in [1.29, 1.82) is 0 Å². The van der Waals surface area contributed by atoms with Crippen LogP contribution in [-0.4, -0.2) is 10.9 Å². The number of amides is 1. The van der Waals surface area contributed by atoms with Crippen molar-refractivity contribution in [3.8, 4) is 0 Å². The van der Waals surface area contributed by atoms with Gasteiger partial charge >= 0.3 is 6.18 Å². The zero-order chi connectivity index (χ0) is 19.4. The van der Waals surface area contributed by atoms with E-state index in [-0.39, 0.29) is 11.4 Å². The van der Waals surface area contributed by atoms with Crippen LogP contribution in [0.25, 0.3) is 0 Å². The van der Waals surface area contributed by atoms with Crippen LogP contribution in [0, 0.1) is 5.82 Å². The van der Waals surface area contributed by atoms with Crippen LogP contribution >= 0.6 is 0 Å². The average molecular weight is 375 g/mol. The summed E-state index contributed by atoms with van der Waals surface area (Å²) in [6.07, 6.45) is -3.08. The second-order valence-electron chi connectivity index (χ2n) is 5.60. The first-order valence-corrected chi connectivity index (χ1v) is 7.78. The molecule has 138 valence electrons. The van der Waals surface area contributed by atoms with Crippen LogP contribution < -0.4 is 10.6 Å². The van der Waals surface area contributed by atoms with E-state index in [9.17, 15) is 22.4 Å². The number of nitrogens with zero attached hydrogens (tertiary/aromatic N) is 1. The lowest BCUT2D eigenvalue weighted by Gasteiger charge is -2.09. The third kappa shape index (κ3) is 4.81. The topological polar surface area (TPSA) is 54.0 Å². The molecule has 3 rings (SSSR count). The van der Waals surface area contributed by atoms with Crippen LogP contribution in [0.1, 0.15) is 15.9 Å². The summed E-state index contributed by atoms with van der Waals surface area (Å²) < 4.78 is 50.8. The summed E-state index contributed by atoms with van der Waals surface area (Å²) in [5, 5.41) is 5.45. The number of carbonyl (C=O) groups excluding carboxylic acids is 1. The van der Waals surface area contributed by atoms with E-state index in [1.54, 1.807) is 24.3 Å². The number of aromatic nitrogens is 1. The van der Waals surface area contributed by atoms with E-state index >= 15 is 0 Å². The molecule has 4 nitrogen and oxygen atoms in total. The highest BCUT2D eigenvalue weighted by Crippen LogP contribution is 2.29. The second-order valence-corrected chi connectivity index (χ2v) is 5.60. The molecule has 1 amide bonds. The summed E-state index contributed by atoms with van der Waals surface area (Å²) in [7, 11) is 0. The number of anilines is 3. The number of nitrogens with one attached hydrogen (secondary N) is 2. The summed E-state index contributed by atoms with van der Waals surface area (Å²) in [4.78, 5) is 16.2. The Hall–Kier alpha value is -3.42. The van der Waals surface area contributed by atoms with Gasteiger partial charge in [0.15, 0.2) is 0 Å². The number of pyridine rings is 1. The van der Waals surface area contributed by atoms with Crippen LogP contribution in [0.4, 0.5) is 34.8 Å². The van der Waals surface area contributed by atoms with Gasteiger partial charge in [-0.1, -0.05) is 6.07 Å². The second kappa shape index (κ2) is 7.45. The van der Waals surface area contributed by atoms with Gasteiger partial charge in [0, 0.05) is 11.3 Å². The van der Waals surface area contributed by atoms with Crippen molar-refractivity contribution < 1.29 is 22.4 Å². The maximum atomic E-state index is 13.2. The first-order valence-electron chi connectivity index (χ1n) is 7.78. The molecule has 0 spiro atoms. The van der Waals surface area contributed by atoms with E-state index in [0.717, 1.165) is 24.3 Å². The number of hydrogen-bond acceptors (Lipinski definition) is 3. The molecule has 0 bridgehead atoms. The smallest absolute Gasteiger partial charge is 0.340 e. The zero-order valence-corrected chi connectivity index (χ0v) is 13.7. The quantitative estimate of drug-likeness (QED) is 0.614. The Morgan fingerprint density at radius 3 is 2.26 bits per heavy atom. The van der Waals surface area contributed by atoms with E-state index in [1.165, 1.54) is 18.3 Å². The molecule has 0 radical (unpaired) electrons. The third-order valence-electron chi connectivity index (χ3n) is 3.59. The number of alkyl halides is 3. The molecule has 0 aliphatic rings. The number of halogens is 4. The predicted molar refractivity (Wildman–Crippen MR) is 93.3 cm³/mol. The lowest BCUT2D eigenvalue weighted by Crippen LogP contribution is -2.13. The molecule has 2 aromatic carbocycles.